The third-order valence-corrected chi connectivity index (χ3v) is 1.59. The van der Waals surface area contributed by atoms with E-state index in [9.17, 15) is 0 Å². The van der Waals surface area contributed by atoms with Crippen molar-refractivity contribution in [3.05, 3.63) is 35.8 Å². The Labute approximate surface area is 59.9 Å². The molecular formula is C8H8NO. The van der Waals surface area contributed by atoms with Gasteiger partial charge in [0.15, 0.2) is 6.73 Å². The van der Waals surface area contributed by atoms with E-state index in [1.807, 2.05) is 12.2 Å². The van der Waals surface area contributed by atoms with Crippen molar-refractivity contribution in [1.82, 2.24) is 5.32 Å². The first kappa shape index (κ1) is 5.59. The van der Waals surface area contributed by atoms with Gasteiger partial charge in [0.05, 0.1) is 12.0 Å². The second-order valence-corrected chi connectivity index (χ2v) is 2.28. The van der Waals surface area contributed by atoms with Gasteiger partial charge in [0.25, 0.3) is 0 Å². The van der Waals surface area contributed by atoms with Crippen molar-refractivity contribution < 1.29 is 4.74 Å². The van der Waals surface area contributed by atoms with Crippen molar-refractivity contribution in [2.24, 2.45) is 0 Å². The summed E-state index contributed by atoms with van der Waals surface area (Å²) in [5.74, 6) is 0. The minimum atomic E-state index is 0.475. The fourth-order valence-corrected chi connectivity index (χ4v) is 1.07. The summed E-state index contributed by atoms with van der Waals surface area (Å²) in [5.41, 5.74) is 2.27. The van der Waals surface area contributed by atoms with Crippen molar-refractivity contribution in [2.75, 3.05) is 6.73 Å². The quantitative estimate of drug-likeness (QED) is 0.490. The number of rotatable bonds is 0. The molecule has 0 spiro atoms. The summed E-state index contributed by atoms with van der Waals surface area (Å²) in [5, 5.41) is 4.17. The maximum Gasteiger partial charge on any atom is 0.178 e. The predicted molar refractivity (Wildman–Crippen MR) is 38.0 cm³/mol. The average molecular weight is 134 g/mol. The highest BCUT2D eigenvalue weighted by molar-refractivity contribution is 5.37. The summed E-state index contributed by atoms with van der Waals surface area (Å²) in [6.45, 7) is 0.475. The number of nitrogens with zero attached hydrogens (tertiary/aromatic N) is 1. The SMILES string of the molecule is C1=CCC2=COC[N]C2=C1. The lowest BCUT2D eigenvalue weighted by Crippen LogP contribution is -2.15. The van der Waals surface area contributed by atoms with E-state index < -0.39 is 0 Å². The molecule has 2 rings (SSSR count). The molecule has 2 heteroatoms. The molecule has 0 amide bonds. The molecule has 0 atom stereocenters. The van der Waals surface area contributed by atoms with Crippen LogP contribution in [0.2, 0.25) is 0 Å². The van der Waals surface area contributed by atoms with Crippen LogP contribution < -0.4 is 5.32 Å². The van der Waals surface area contributed by atoms with E-state index in [4.69, 9.17) is 4.74 Å². The standard InChI is InChI=1S/C8H8NO/c1-2-4-8-7(3-1)5-10-6-9-8/h1-2,4-5H,3,6H2. The number of fused-ring (bicyclic) bond motifs is 1. The van der Waals surface area contributed by atoms with Crippen LogP contribution in [-0.4, -0.2) is 6.73 Å². The molecule has 0 aromatic heterocycles. The van der Waals surface area contributed by atoms with Crippen LogP contribution in [0.5, 0.6) is 0 Å². The first-order chi connectivity index (χ1) is 4.97. The normalized spacial score (nSPS) is 21.6. The van der Waals surface area contributed by atoms with Crippen LogP contribution >= 0.6 is 0 Å². The maximum atomic E-state index is 5.04. The van der Waals surface area contributed by atoms with Gasteiger partial charge in [0, 0.05) is 5.57 Å². The number of hydrogen-bond donors (Lipinski definition) is 0. The molecule has 0 aromatic rings. The summed E-state index contributed by atoms with van der Waals surface area (Å²) in [6.07, 6.45) is 8.89. The van der Waals surface area contributed by atoms with Crippen molar-refractivity contribution >= 4 is 0 Å². The van der Waals surface area contributed by atoms with Crippen molar-refractivity contribution in [3.63, 3.8) is 0 Å². The van der Waals surface area contributed by atoms with Gasteiger partial charge in [-0.2, -0.15) is 0 Å². The second kappa shape index (κ2) is 2.21. The summed E-state index contributed by atoms with van der Waals surface area (Å²) in [7, 11) is 0. The van der Waals surface area contributed by atoms with Crippen LogP contribution in [-0.2, 0) is 4.74 Å². The Balaban J connectivity index is 2.32. The Morgan fingerprint density at radius 1 is 1.50 bits per heavy atom. The van der Waals surface area contributed by atoms with Gasteiger partial charge in [0.2, 0.25) is 0 Å². The Morgan fingerprint density at radius 2 is 2.50 bits per heavy atom. The van der Waals surface area contributed by atoms with Crippen molar-refractivity contribution in [2.45, 2.75) is 6.42 Å². The number of allylic oxidation sites excluding steroid dienone is 4. The lowest BCUT2D eigenvalue weighted by atomic mass is 10.1. The zero-order chi connectivity index (χ0) is 6.81. The van der Waals surface area contributed by atoms with E-state index >= 15 is 0 Å². The predicted octanol–water partition coefficient (Wildman–Crippen LogP) is 1.31. The molecule has 1 heterocycles. The topological polar surface area (TPSA) is 23.3 Å². The summed E-state index contributed by atoms with van der Waals surface area (Å²) in [4.78, 5) is 0. The molecule has 1 aliphatic carbocycles. The molecule has 0 unspecified atom stereocenters. The third kappa shape index (κ3) is 0.817. The molecule has 0 saturated heterocycles. The van der Waals surface area contributed by atoms with Gasteiger partial charge in [0.1, 0.15) is 0 Å². The Hall–Kier alpha value is -1.18. The summed E-state index contributed by atoms with van der Waals surface area (Å²) in [6, 6.07) is 0. The summed E-state index contributed by atoms with van der Waals surface area (Å²) < 4.78 is 5.04. The minimum Gasteiger partial charge on any atom is -0.479 e. The molecule has 0 aromatic carbocycles. The Kier molecular flexibility index (Phi) is 1.24. The monoisotopic (exact) mass is 134 g/mol. The molecular weight excluding hydrogens is 126 g/mol. The highest BCUT2D eigenvalue weighted by Crippen LogP contribution is 2.20. The van der Waals surface area contributed by atoms with E-state index in [1.54, 1.807) is 6.26 Å². The first-order valence-electron chi connectivity index (χ1n) is 3.32. The lowest BCUT2D eigenvalue weighted by molar-refractivity contribution is 0.214. The van der Waals surface area contributed by atoms with E-state index in [-0.39, 0.29) is 0 Å². The van der Waals surface area contributed by atoms with Crippen LogP contribution in [0.1, 0.15) is 6.42 Å². The molecule has 0 fully saturated rings. The van der Waals surface area contributed by atoms with Gasteiger partial charge < -0.3 is 4.74 Å². The second-order valence-electron chi connectivity index (χ2n) is 2.28. The van der Waals surface area contributed by atoms with Crippen molar-refractivity contribution in [1.29, 1.82) is 0 Å². The third-order valence-electron chi connectivity index (χ3n) is 1.59. The first-order valence-corrected chi connectivity index (χ1v) is 3.32. The van der Waals surface area contributed by atoms with Gasteiger partial charge in [-0.25, -0.2) is 5.32 Å². The molecule has 2 nitrogen and oxygen atoms in total. The molecule has 1 aliphatic heterocycles. The van der Waals surface area contributed by atoms with Crippen LogP contribution in [0.15, 0.2) is 35.8 Å². The van der Waals surface area contributed by atoms with Gasteiger partial charge in [-0.15, -0.1) is 0 Å². The zero-order valence-electron chi connectivity index (χ0n) is 5.58. The number of ether oxygens (including phenoxy) is 1. The van der Waals surface area contributed by atoms with E-state index in [0.29, 0.717) is 6.73 Å². The van der Waals surface area contributed by atoms with Gasteiger partial charge >= 0.3 is 0 Å². The summed E-state index contributed by atoms with van der Waals surface area (Å²) >= 11 is 0. The Bertz CT molecular complexity index is 225. The average Bonchev–Trinajstić information content (AvgIpc) is 2.05. The molecule has 51 valence electrons. The largest absolute Gasteiger partial charge is 0.479 e. The van der Waals surface area contributed by atoms with Gasteiger partial charge in [-0.3, -0.25) is 0 Å². The minimum absolute atomic E-state index is 0.475. The van der Waals surface area contributed by atoms with E-state index in [1.165, 1.54) is 5.57 Å². The van der Waals surface area contributed by atoms with E-state index in [2.05, 4.69) is 11.4 Å². The maximum absolute atomic E-state index is 5.04. The molecule has 1 radical (unpaired) electrons. The molecule has 0 bridgehead atoms. The van der Waals surface area contributed by atoms with Crippen LogP contribution in [0.25, 0.3) is 0 Å². The highest BCUT2D eigenvalue weighted by Gasteiger charge is 2.11. The molecule has 10 heavy (non-hydrogen) atoms. The fraction of sp³-hybridized carbons (Fsp3) is 0.250. The van der Waals surface area contributed by atoms with Crippen LogP contribution in [0.3, 0.4) is 0 Å². The van der Waals surface area contributed by atoms with Crippen LogP contribution in [0, 0.1) is 0 Å². The van der Waals surface area contributed by atoms with Crippen molar-refractivity contribution in [3.8, 4) is 0 Å². The molecule has 2 aliphatic rings. The van der Waals surface area contributed by atoms with E-state index in [0.717, 1.165) is 12.1 Å². The van der Waals surface area contributed by atoms with Crippen LogP contribution in [0.4, 0.5) is 0 Å². The molecule has 0 N–H and O–H groups in total. The fourth-order valence-electron chi connectivity index (χ4n) is 1.07. The van der Waals surface area contributed by atoms with Gasteiger partial charge in [-0.05, 0) is 12.5 Å². The smallest absolute Gasteiger partial charge is 0.178 e. The van der Waals surface area contributed by atoms with Gasteiger partial charge in [-0.1, -0.05) is 12.2 Å². The zero-order valence-corrected chi connectivity index (χ0v) is 5.58. The lowest BCUT2D eigenvalue weighted by Gasteiger charge is -2.17. The number of hydrogen-bond acceptors (Lipinski definition) is 1. The highest BCUT2D eigenvalue weighted by atomic mass is 16.5. The molecule has 0 saturated carbocycles. The Morgan fingerprint density at radius 3 is 3.40 bits per heavy atom.